The van der Waals surface area contributed by atoms with E-state index in [1.165, 1.54) is 48.8 Å². The summed E-state index contributed by atoms with van der Waals surface area (Å²) >= 11 is 0. The fraction of sp³-hybridized carbons (Fsp3) is 0. The van der Waals surface area contributed by atoms with Gasteiger partial charge >= 0.3 is 0 Å². The fourth-order valence-corrected chi connectivity index (χ4v) is 7.67. The van der Waals surface area contributed by atoms with Gasteiger partial charge in [0.15, 0.2) is 5.82 Å². The van der Waals surface area contributed by atoms with Gasteiger partial charge in [0.05, 0.1) is 11.4 Å². The maximum Gasteiger partial charge on any atom is 0.161 e. The first-order valence-corrected chi connectivity index (χ1v) is 17.6. The summed E-state index contributed by atoms with van der Waals surface area (Å²) in [6.07, 6.45) is 3.71. The van der Waals surface area contributed by atoms with E-state index in [1.54, 1.807) is 6.20 Å². The van der Waals surface area contributed by atoms with Gasteiger partial charge in [-0.05, 0) is 84.0 Å². The Morgan fingerprint density at radius 1 is 0.308 bits per heavy atom. The number of fused-ring (bicyclic) bond motifs is 8. The van der Waals surface area contributed by atoms with E-state index in [0.29, 0.717) is 5.82 Å². The smallest absolute Gasteiger partial charge is 0.161 e. The molecule has 0 aliphatic heterocycles. The highest BCUT2D eigenvalue weighted by Crippen LogP contribution is 2.43. The molecule has 0 N–H and O–H groups in total. The molecule has 0 atom stereocenters. The van der Waals surface area contributed by atoms with Crippen LogP contribution in [0.1, 0.15) is 0 Å². The Bertz CT molecular complexity index is 2930. The second-order valence-electron chi connectivity index (χ2n) is 13.2. The predicted molar refractivity (Wildman–Crippen MR) is 217 cm³/mol. The molecule has 0 unspecified atom stereocenters. The number of hydrogen-bond donors (Lipinski definition) is 0. The molecule has 0 spiro atoms. The summed E-state index contributed by atoms with van der Waals surface area (Å²) in [7, 11) is 0. The monoisotopic (exact) mass is 661 g/mol. The summed E-state index contributed by atoms with van der Waals surface area (Å²) in [5.41, 5.74) is 9.32. The summed E-state index contributed by atoms with van der Waals surface area (Å²) in [5.74, 6) is 0.696. The van der Waals surface area contributed by atoms with Crippen LogP contribution in [0.4, 0.5) is 0 Å². The molecular formula is C49H31N3. The van der Waals surface area contributed by atoms with Gasteiger partial charge in [-0.15, -0.1) is 0 Å². The minimum atomic E-state index is 0.696. The SMILES string of the molecule is c1ccc(-c2ccc(-c3cc(-c4cccc(-c5cccnc5)c4)nc(-c4cc5c6ccccc6c6ccccc6c5c5ccccc45)n3)cc2)cc1. The van der Waals surface area contributed by atoms with Gasteiger partial charge in [0.1, 0.15) is 0 Å². The number of nitrogens with zero attached hydrogens (tertiary/aromatic N) is 3. The zero-order valence-electron chi connectivity index (χ0n) is 28.2. The lowest BCUT2D eigenvalue weighted by atomic mass is 9.89. The minimum absolute atomic E-state index is 0.696. The van der Waals surface area contributed by atoms with Crippen molar-refractivity contribution in [2.45, 2.75) is 0 Å². The molecule has 0 radical (unpaired) electrons. The van der Waals surface area contributed by atoms with Crippen LogP contribution in [0.3, 0.4) is 0 Å². The molecule has 10 rings (SSSR count). The molecule has 52 heavy (non-hydrogen) atoms. The van der Waals surface area contributed by atoms with Gasteiger partial charge in [-0.1, -0.05) is 152 Å². The Hall–Kier alpha value is -6.97. The number of pyridine rings is 1. The number of benzene rings is 8. The highest BCUT2D eigenvalue weighted by Gasteiger charge is 2.18. The van der Waals surface area contributed by atoms with Gasteiger partial charge in [-0.25, -0.2) is 9.97 Å². The van der Waals surface area contributed by atoms with Crippen LogP contribution in [0.15, 0.2) is 188 Å². The molecule has 242 valence electrons. The standard InChI is InChI=1S/C49H31N3/c1-2-12-32(13-3-1)33-23-25-34(26-24-33)46-30-47(36-15-10-14-35(28-36)37-16-11-27-50-31-37)52-49(51-46)45-29-44-40-19-5-4-17-38(40)39-18-6-8-21-42(39)48(44)43-22-9-7-20-41(43)45/h1-31H. The summed E-state index contributed by atoms with van der Waals surface area (Å²) < 4.78 is 0. The molecule has 3 heteroatoms. The summed E-state index contributed by atoms with van der Waals surface area (Å²) in [6.45, 7) is 0. The van der Waals surface area contributed by atoms with Gasteiger partial charge in [-0.3, -0.25) is 4.98 Å². The van der Waals surface area contributed by atoms with E-state index in [2.05, 4.69) is 169 Å². The summed E-state index contributed by atoms with van der Waals surface area (Å²) in [5, 5.41) is 9.75. The van der Waals surface area contributed by atoms with Crippen molar-refractivity contribution in [2.75, 3.05) is 0 Å². The number of hydrogen-bond acceptors (Lipinski definition) is 3. The Balaban J connectivity index is 1.24. The minimum Gasteiger partial charge on any atom is -0.264 e. The van der Waals surface area contributed by atoms with Gasteiger partial charge in [-0.2, -0.15) is 0 Å². The third-order valence-corrected chi connectivity index (χ3v) is 10.2. The molecular weight excluding hydrogens is 631 g/mol. The number of rotatable bonds is 5. The van der Waals surface area contributed by atoms with Gasteiger partial charge < -0.3 is 0 Å². The third-order valence-electron chi connectivity index (χ3n) is 10.2. The fourth-order valence-electron chi connectivity index (χ4n) is 7.67. The first-order valence-electron chi connectivity index (χ1n) is 17.6. The van der Waals surface area contributed by atoms with Crippen molar-refractivity contribution in [1.82, 2.24) is 15.0 Å². The lowest BCUT2D eigenvalue weighted by Gasteiger charge is -2.16. The molecule has 0 aliphatic carbocycles. The first kappa shape index (κ1) is 29.9. The van der Waals surface area contributed by atoms with E-state index < -0.39 is 0 Å². The molecule has 0 aliphatic rings. The van der Waals surface area contributed by atoms with Crippen LogP contribution in [0.25, 0.3) is 99.2 Å². The molecule has 2 heterocycles. The van der Waals surface area contributed by atoms with E-state index in [1.807, 2.05) is 18.3 Å². The maximum absolute atomic E-state index is 5.37. The van der Waals surface area contributed by atoms with Crippen molar-refractivity contribution in [3.63, 3.8) is 0 Å². The molecule has 3 nitrogen and oxygen atoms in total. The van der Waals surface area contributed by atoms with E-state index in [9.17, 15) is 0 Å². The Morgan fingerprint density at radius 3 is 1.54 bits per heavy atom. The van der Waals surface area contributed by atoms with E-state index in [0.717, 1.165) is 44.6 Å². The lowest BCUT2D eigenvalue weighted by molar-refractivity contribution is 1.19. The zero-order chi connectivity index (χ0) is 34.4. The summed E-state index contributed by atoms with van der Waals surface area (Å²) in [4.78, 5) is 15.1. The maximum atomic E-state index is 5.37. The van der Waals surface area contributed by atoms with Crippen molar-refractivity contribution in [3.8, 4) is 56.2 Å². The van der Waals surface area contributed by atoms with Crippen LogP contribution >= 0.6 is 0 Å². The van der Waals surface area contributed by atoms with E-state index in [-0.39, 0.29) is 0 Å². The molecule has 2 aromatic heterocycles. The third kappa shape index (κ3) is 5.10. The Labute approximate surface area is 301 Å². The summed E-state index contributed by atoms with van der Waals surface area (Å²) in [6, 6.07) is 62.4. The first-order chi connectivity index (χ1) is 25.8. The normalized spacial score (nSPS) is 11.5. The van der Waals surface area contributed by atoms with Crippen molar-refractivity contribution >= 4 is 43.1 Å². The van der Waals surface area contributed by atoms with Gasteiger partial charge in [0.25, 0.3) is 0 Å². The molecule has 0 fully saturated rings. The van der Waals surface area contributed by atoms with E-state index in [4.69, 9.17) is 9.97 Å². The number of aromatic nitrogens is 3. The highest BCUT2D eigenvalue weighted by atomic mass is 14.9. The largest absolute Gasteiger partial charge is 0.264 e. The van der Waals surface area contributed by atoms with Crippen molar-refractivity contribution in [2.24, 2.45) is 0 Å². The van der Waals surface area contributed by atoms with Gasteiger partial charge in [0.2, 0.25) is 0 Å². The van der Waals surface area contributed by atoms with Crippen LogP contribution in [-0.2, 0) is 0 Å². The highest BCUT2D eigenvalue weighted by molar-refractivity contribution is 6.32. The quantitative estimate of drug-likeness (QED) is 0.172. The Kier molecular flexibility index (Phi) is 7.14. The predicted octanol–water partition coefficient (Wildman–Crippen LogP) is 12.8. The van der Waals surface area contributed by atoms with Crippen LogP contribution < -0.4 is 0 Å². The molecule has 8 aromatic carbocycles. The molecule has 0 bridgehead atoms. The van der Waals surface area contributed by atoms with E-state index >= 15 is 0 Å². The Morgan fingerprint density at radius 2 is 0.827 bits per heavy atom. The van der Waals surface area contributed by atoms with Crippen LogP contribution in [0.5, 0.6) is 0 Å². The molecule has 0 amide bonds. The average Bonchev–Trinajstić information content (AvgIpc) is 3.24. The zero-order valence-corrected chi connectivity index (χ0v) is 28.2. The molecule has 10 aromatic rings. The van der Waals surface area contributed by atoms with Crippen LogP contribution in [-0.4, -0.2) is 15.0 Å². The second-order valence-corrected chi connectivity index (χ2v) is 13.2. The van der Waals surface area contributed by atoms with Crippen LogP contribution in [0, 0.1) is 0 Å². The van der Waals surface area contributed by atoms with Crippen LogP contribution in [0.2, 0.25) is 0 Å². The van der Waals surface area contributed by atoms with Crippen molar-refractivity contribution < 1.29 is 0 Å². The van der Waals surface area contributed by atoms with Crippen molar-refractivity contribution in [3.05, 3.63) is 188 Å². The second kappa shape index (κ2) is 12.4. The molecule has 0 saturated carbocycles. The van der Waals surface area contributed by atoms with Crippen molar-refractivity contribution in [1.29, 1.82) is 0 Å². The lowest BCUT2D eigenvalue weighted by Crippen LogP contribution is -1.97. The topological polar surface area (TPSA) is 38.7 Å². The molecule has 0 saturated heterocycles. The average molecular weight is 662 g/mol. The van der Waals surface area contributed by atoms with Gasteiger partial charge in [0, 0.05) is 34.6 Å².